The minimum absolute atomic E-state index is 0.155. The molecule has 0 saturated carbocycles. The number of pyridine rings is 1. The summed E-state index contributed by atoms with van der Waals surface area (Å²) in [6, 6.07) is 11.0. The minimum atomic E-state index is -0.275. The Balaban J connectivity index is 2.79. The Morgan fingerprint density at radius 1 is 1.22 bits per heavy atom. The van der Waals surface area contributed by atoms with Crippen LogP contribution in [0.2, 0.25) is 0 Å². The lowest BCUT2D eigenvalue weighted by Crippen LogP contribution is -2.23. The summed E-state index contributed by atoms with van der Waals surface area (Å²) < 4.78 is 2.53. The molecule has 0 spiro atoms. The Labute approximate surface area is 113 Å². The highest BCUT2D eigenvalue weighted by Crippen LogP contribution is 2.19. The van der Waals surface area contributed by atoms with E-state index in [9.17, 15) is 4.79 Å². The van der Waals surface area contributed by atoms with Crippen molar-refractivity contribution in [1.82, 2.24) is 4.57 Å². The number of rotatable bonds is 1. The number of aromatic nitrogens is 1. The van der Waals surface area contributed by atoms with E-state index < -0.39 is 0 Å². The number of hydrogen-bond donors (Lipinski definition) is 0. The molecule has 0 bridgehead atoms. The van der Waals surface area contributed by atoms with E-state index in [0.29, 0.717) is 0 Å². The van der Waals surface area contributed by atoms with Gasteiger partial charge in [-0.1, -0.05) is 15.9 Å². The second kappa shape index (κ2) is 4.79. The highest BCUT2D eigenvalue weighted by atomic mass is 79.9. The molecule has 0 saturated heterocycles. The first kappa shape index (κ1) is 12.6. The molecule has 1 aromatic carbocycles. The van der Waals surface area contributed by atoms with Gasteiger partial charge in [-0.05, 0) is 49.7 Å². The number of aryl methyl sites for hydroxylation is 2. The van der Waals surface area contributed by atoms with Crippen molar-refractivity contribution in [3.05, 3.63) is 62.0 Å². The van der Waals surface area contributed by atoms with Gasteiger partial charge < -0.3 is 0 Å². The van der Waals surface area contributed by atoms with Crippen LogP contribution in [0.15, 0.2) is 39.6 Å². The van der Waals surface area contributed by atoms with E-state index in [0.717, 1.165) is 21.4 Å². The molecule has 2 rings (SSSR count). The zero-order valence-corrected chi connectivity index (χ0v) is 11.7. The smallest absolute Gasteiger partial charge is 0.273 e. The van der Waals surface area contributed by atoms with Crippen LogP contribution in [0.4, 0.5) is 0 Å². The quantitative estimate of drug-likeness (QED) is 0.812. The van der Waals surface area contributed by atoms with Gasteiger partial charge in [-0.3, -0.25) is 9.36 Å². The monoisotopic (exact) mass is 302 g/mol. The van der Waals surface area contributed by atoms with Crippen LogP contribution >= 0.6 is 15.9 Å². The molecule has 18 heavy (non-hydrogen) atoms. The predicted molar refractivity (Wildman–Crippen MR) is 73.9 cm³/mol. The molecular formula is C14H11BrN2O. The molecule has 4 heteroatoms. The SMILES string of the molecule is Cc1cc(Br)ccc1-n1c(C)ccc(C#N)c1=O. The molecular weight excluding hydrogens is 292 g/mol. The topological polar surface area (TPSA) is 45.8 Å². The first-order valence-electron chi connectivity index (χ1n) is 5.44. The molecule has 0 aliphatic rings. The average Bonchev–Trinajstić information content (AvgIpc) is 2.32. The Kier molecular flexibility index (Phi) is 3.35. The van der Waals surface area contributed by atoms with E-state index in [1.54, 1.807) is 16.7 Å². The van der Waals surface area contributed by atoms with Gasteiger partial charge in [-0.15, -0.1) is 0 Å². The van der Waals surface area contributed by atoms with Crippen LogP contribution < -0.4 is 5.56 Å². The van der Waals surface area contributed by atoms with Crippen molar-refractivity contribution in [2.24, 2.45) is 0 Å². The molecule has 0 aliphatic carbocycles. The van der Waals surface area contributed by atoms with Gasteiger partial charge in [0.05, 0.1) is 5.69 Å². The number of nitriles is 1. The molecule has 0 unspecified atom stereocenters. The first-order chi connectivity index (χ1) is 8.54. The Morgan fingerprint density at radius 3 is 2.56 bits per heavy atom. The maximum absolute atomic E-state index is 12.2. The lowest BCUT2D eigenvalue weighted by Gasteiger charge is -2.13. The van der Waals surface area contributed by atoms with E-state index in [1.807, 2.05) is 38.1 Å². The Morgan fingerprint density at radius 2 is 1.94 bits per heavy atom. The molecule has 1 aromatic heterocycles. The number of halogens is 1. The summed E-state index contributed by atoms with van der Waals surface area (Å²) in [6.45, 7) is 3.79. The fraction of sp³-hybridized carbons (Fsp3) is 0.143. The molecule has 0 amide bonds. The summed E-state index contributed by atoms with van der Waals surface area (Å²) in [5.74, 6) is 0. The predicted octanol–water partition coefficient (Wildman–Crippen LogP) is 3.09. The van der Waals surface area contributed by atoms with Crippen molar-refractivity contribution < 1.29 is 0 Å². The summed E-state index contributed by atoms with van der Waals surface area (Å²) in [4.78, 5) is 12.2. The van der Waals surface area contributed by atoms with Crippen LogP contribution in [-0.2, 0) is 0 Å². The second-order valence-electron chi connectivity index (χ2n) is 4.07. The van der Waals surface area contributed by atoms with Crippen LogP contribution in [0.1, 0.15) is 16.8 Å². The van der Waals surface area contributed by atoms with Gasteiger partial charge >= 0.3 is 0 Å². The number of nitrogens with zero attached hydrogens (tertiary/aromatic N) is 2. The fourth-order valence-corrected chi connectivity index (χ4v) is 2.36. The maximum atomic E-state index is 12.2. The van der Waals surface area contributed by atoms with Crippen LogP contribution in [0.3, 0.4) is 0 Å². The van der Waals surface area contributed by atoms with Gasteiger partial charge in [-0.25, -0.2) is 0 Å². The van der Waals surface area contributed by atoms with Gasteiger partial charge in [0.25, 0.3) is 5.56 Å². The van der Waals surface area contributed by atoms with Crippen molar-refractivity contribution in [2.45, 2.75) is 13.8 Å². The first-order valence-corrected chi connectivity index (χ1v) is 6.23. The van der Waals surface area contributed by atoms with Gasteiger partial charge in [-0.2, -0.15) is 5.26 Å². The fourth-order valence-electron chi connectivity index (χ4n) is 1.88. The van der Waals surface area contributed by atoms with Crippen LogP contribution in [0.25, 0.3) is 5.69 Å². The van der Waals surface area contributed by atoms with Crippen molar-refractivity contribution in [3.63, 3.8) is 0 Å². The summed E-state index contributed by atoms with van der Waals surface area (Å²) in [5, 5.41) is 8.92. The molecule has 0 atom stereocenters. The third-order valence-electron chi connectivity index (χ3n) is 2.80. The van der Waals surface area contributed by atoms with E-state index >= 15 is 0 Å². The summed E-state index contributed by atoms with van der Waals surface area (Å²) in [6.07, 6.45) is 0. The van der Waals surface area contributed by atoms with E-state index in [2.05, 4.69) is 15.9 Å². The largest absolute Gasteiger partial charge is 0.280 e. The zero-order valence-electron chi connectivity index (χ0n) is 10.1. The molecule has 0 N–H and O–H groups in total. The van der Waals surface area contributed by atoms with Gasteiger partial charge in [0.2, 0.25) is 0 Å². The van der Waals surface area contributed by atoms with Crippen molar-refractivity contribution in [3.8, 4) is 11.8 Å². The van der Waals surface area contributed by atoms with Crippen molar-refractivity contribution in [2.75, 3.05) is 0 Å². The van der Waals surface area contributed by atoms with Crippen LogP contribution in [0, 0.1) is 25.2 Å². The normalized spacial score (nSPS) is 10.1. The maximum Gasteiger partial charge on any atom is 0.273 e. The molecule has 0 radical (unpaired) electrons. The average molecular weight is 303 g/mol. The Hall–Kier alpha value is -1.86. The highest BCUT2D eigenvalue weighted by Gasteiger charge is 2.09. The molecule has 0 fully saturated rings. The summed E-state index contributed by atoms with van der Waals surface area (Å²) in [7, 11) is 0. The highest BCUT2D eigenvalue weighted by molar-refractivity contribution is 9.10. The summed E-state index contributed by atoms with van der Waals surface area (Å²) in [5.41, 5.74) is 2.47. The van der Waals surface area contributed by atoms with Crippen LogP contribution in [0.5, 0.6) is 0 Å². The second-order valence-corrected chi connectivity index (χ2v) is 4.99. The van der Waals surface area contributed by atoms with E-state index in [1.165, 1.54) is 0 Å². The lowest BCUT2D eigenvalue weighted by atomic mass is 10.1. The van der Waals surface area contributed by atoms with Gasteiger partial charge in [0.1, 0.15) is 11.6 Å². The lowest BCUT2D eigenvalue weighted by molar-refractivity contribution is 0.919. The molecule has 90 valence electrons. The number of hydrogen-bond acceptors (Lipinski definition) is 2. The zero-order chi connectivity index (χ0) is 13.3. The third-order valence-corrected chi connectivity index (χ3v) is 3.29. The molecule has 0 aliphatic heterocycles. The molecule has 2 aromatic rings. The van der Waals surface area contributed by atoms with Crippen molar-refractivity contribution >= 4 is 15.9 Å². The minimum Gasteiger partial charge on any atom is -0.280 e. The van der Waals surface area contributed by atoms with E-state index in [4.69, 9.17) is 5.26 Å². The van der Waals surface area contributed by atoms with E-state index in [-0.39, 0.29) is 11.1 Å². The molecule has 1 heterocycles. The van der Waals surface area contributed by atoms with Gasteiger partial charge in [0.15, 0.2) is 0 Å². The van der Waals surface area contributed by atoms with Crippen molar-refractivity contribution in [1.29, 1.82) is 5.26 Å². The summed E-state index contributed by atoms with van der Waals surface area (Å²) >= 11 is 3.39. The number of benzene rings is 1. The molecule has 3 nitrogen and oxygen atoms in total. The van der Waals surface area contributed by atoms with Crippen LogP contribution in [-0.4, -0.2) is 4.57 Å². The standard InChI is InChI=1S/C14H11BrN2O/c1-9-7-12(15)5-6-13(9)17-10(2)3-4-11(8-16)14(17)18/h3-7H,1-2H3. The van der Waals surface area contributed by atoms with Gasteiger partial charge in [0, 0.05) is 10.2 Å². The third kappa shape index (κ3) is 2.09. The Bertz CT molecular complexity index is 711.